The first kappa shape index (κ1) is 26.9. The molecule has 7 aromatic carbocycles. The van der Waals surface area contributed by atoms with Gasteiger partial charge in [-0.25, -0.2) is 0 Å². The molecule has 226 valence electrons. The Morgan fingerprint density at radius 1 is 0.500 bits per heavy atom. The Kier molecular flexibility index (Phi) is 5.94. The topological polar surface area (TPSA) is 28.4 Å². The van der Waals surface area contributed by atoms with Crippen molar-refractivity contribution >= 4 is 45.1 Å². The summed E-state index contributed by atoms with van der Waals surface area (Å²) in [5, 5.41) is 7.45. The van der Waals surface area contributed by atoms with Crippen LogP contribution < -0.4 is 10.2 Å². The number of nitrogens with zero attached hydrogens (tertiary/aromatic N) is 1. The molecule has 1 aliphatic carbocycles. The number of rotatable bonds is 5. The van der Waals surface area contributed by atoms with Gasteiger partial charge in [0, 0.05) is 22.3 Å². The molecule has 3 nitrogen and oxygen atoms in total. The molecule has 2 heterocycles. The number of hydrogen-bond acceptors (Lipinski definition) is 3. The predicted octanol–water partition coefficient (Wildman–Crippen LogP) is 12.2. The molecule has 0 amide bonds. The van der Waals surface area contributed by atoms with Crippen LogP contribution in [0.25, 0.3) is 72.3 Å². The number of para-hydroxylation sites is 1. The molecule has 0 fully saturated rings. The van der Waals surface area contributed by atoms with Gasteiger partial charge in [-0.3, -0.25) is 0 Å². The summed E-state index contributed by atoms with van der Waals surface area (Å²) in [6.07, 6.45) is 4.26. The molecule has 2 aliphatic rings. The smallest absolute Gasteiger partial charge is 0.203 e. The van der Waals surface area contributed by atoms with Crippen molar-refractivity contribution in [3.63, 3.8) is 0 Å². The van der Waals surface area contributed by atoms with Crippen LogP contribution in [0.3, 0.4) is 0 Å². The Bertz CT molecular complexity index is 2540. The van der Waals surface area contributed by atoms with Gasteiger partial charge in [0.25, 0.3) is 0 Å². The Hall–Kier alpha value is -6.32. The number of anilines is 3. The van der Waals surface area contributed by atoms with Crippen molar-refractivity contribution in [2.75, 3.05) is 10.2 Å². The third-order valence-corrected chi connectivity index (χ3v) is 9.83. The minimum absolute atomic E-state index is 0.161. The normalized spacial score (nSPS) is 14.1. The van der Waals surface area contributed by atoms with Crippen molar-refractivity contribution in [2.24, 2.45) is 0 Å². The summed E-state index contributed by atoms with van der Waals surface area (Å²) in [6, 6.07) is 56.6. The van der Waals surface area contributed by atoms with E-state index in [1.807, 2.05) is 12.1 Å². The molecular formula is C45H30N2O. The van der Waals surface area contributed by atoms with Crippen molar-refractivity contribution in [3.05, 3.63) is 169 Å². The minimum Gasteiger partial charge on any atom is -0.440 e. The third-order valence-electron chi connectivity index (χ3n) is 9.83. The van der Waals surface area contributed by atoms with Crippen molar-refractivity contribution in [1.82, 2.24) is 0 Å². The first-order valence-electron chi connectivity index (χ1n) is 16.5. The van der Waals surface area contributed by atoms with Gasteiger partial charge >= 0.3 is 0 Å². The Labute approximate surface area is 279 Å². The van der Waals surface area contributed by atoms with Crippen LogP contribution >= 0.6 is 0 Å². The van der Waals surface area contributed by atoms with Crippen LogP contribution in [-0.4, -0.2) is 6.17 Å². The van der Waals surface area contributed by atoms with Crippen molar-refractivity contribution in [3.8, 4) is 44.5 Å². The maximum absolute atomic E-state index is 6.31. The Morgan fingerprint density at radius 3 is 2.08 bits per heavy atom. The molecule has 1 aliphatic heterocycles. The largest absolute Gasteiger partial charge is 0.440 e. The molecule has 3 heteroatoms. The van der Waals surface area contributed by atoms with Crippen molar-refractivity contribution < 1.29 is 4.42 Å². The maximum Gasteiger partial charge on any atom is 0.203 e. The van der Waals surface area contributed by atoms with E-state index in [4.69, 9.17) is 4.42 Å². The van der Waals surface area contributed by atoms with Crippen LogP contribution in [0.2, 0.25) is 0 Å². The van der Waals surface area contributed by atoms with Gasteiger partial charge in [-0.15, -0.1) is 0 Å². The zero-order valence-corrected chi connectivity index (χ0v) is 26.1. The molecule has 0 bridgehead atoms. The van der Waals surface area contributed by atoms with E-state index < -0.39 is 0 Å². The van der Waals surface area contributed by atoms with E-state index >= 15 is 0 Å². The van der Waals surface area contributed by atoms with Crippen molar-refractivity contribution in [2.45, 2.75) is 6.17 Å². The lowest BCUT2D eigenvalue weighted by molar-refractivity contribution is 0.616. The molecule has 1 unspecified atom stereocenters. The zero-order valence-electron chi connectivity index (χ0n) is 26.1. The van der Waals surface area contributed by atoms with Crippen molar-refractivity contribution in [1.29, 1.82) is 0 Å². The molecule has 0 radical (unpaired) electrons. The van der Waals surface area contributed by atoms with E-state index in [0.29, 0.717) is 0 Å². The predicted molar refractivity (Wildman–Crippen MR) is 200 cm³/mol. The molecular weight excluding hydrogens is 585 g/mol. The number of fused-ring (bicyclic) bond motifs is 6. The van der Waals surface area contributed by atoms with Crippen LogP contribution in [0.4, 0.5) is 17.3 Å². The lowest BCUT2D eigenvalue weighted by atomic mass is 9.96. The standard InChI is InChI=1S/C45H30N2O/c1-2-10-29(11-3-1)31-12-8-14-35(27-31)47(43-25-24-40-38-17-6-7-19-42(38)48-45(40)46-43)34-22-20-30(21-23-34)33-26-32-13-9-18-39-36-15-4-5-16-37(36)41(28-33)44(32)39/h1-28,43,46H. The average molecular weight is 615 g/mol. The molecule has 1 N–H and O–H groups in total. The first-order valence-corrected chi connectivity index (χ1v) is 16.5. The number of hydrogen-bond donors (Lipinski definition) is 1. The second-order valence-electron chi connectivity index (χ2n) is 12.6. The van der Waals surface area contributed by atoms with E-state index in [1.54, 1.807) is 0 Å². The molecule has 0 saturated carbocycles. The van der Waals surface area contributed by atoms with Gasteiger partial charge in [0.05, 0.1) is 0 Å². The first-order chi connectivity index (χ1) is 23.8. The van der Waals surface area contributed by atoms with Crippen LogP contribution in [0, 0.1) is 0 Å². The second kappa shape index (κ2) is 10.6. The Balaban J connectivity index is 1.07. The van der Waals surface area contributed by atoms with E-state index in [1.165, 1.54) is 55.3 Å². The van der Waals surface area contributed by atoms with Gasteiger partial charge in [0.15, 0.2) is 0 Å². The highest BCUT2D eigenvalue weighted by Crippen LogP contribution is 2.48. The summed E-state index contributed by atoms with van der Waals surface area (Å²) >= 11 is 0. The quantitative estimate of drug-likeness (QED) is 0.209. The number of nitrogens with one attached hydrogen (secondary N) is 1. The van der Waals surface area contributed by atoms with Gasteiger partial charge in [0.1, 0.15) is 11.7 Å². The highest BCUT2D eigenvalue weighted by Gasteiger charge is 2.26. The summed E-state index contributed by atoms with van der Waals surface area (Å²) < 4.78 is 6.31. The van der Waals surface area contributed by atoms with Crippen LogP contribution in [-0.2, 0) is 0 Å². The van der Waals surface area contributed by atoms with Crippen LogP contribution in [0.15, 0.2) is 168 Å². The Morgan fingerprint density at radius 2 is 1.21 bits per heavy atom. The van der Waals surface area contributed by atoms with Gasteiger partial charge in [-0.2, -0.15) is 0 Å². The molecule has 0 spiro atoms. The highest BCUT2D eigenvalue weighted by molar-refractivity contribution is 6.16. The lowest BCUT2D eigenvalue weighted by Crippen LogP contribution is -2.37. The SMILES string of the molecule is C1=CC(N(c2ccc(-c3cc4c5c(cccc5c3)-c3ccccc3-4)cc2)c2cccc(-c3ccccc3)c2)Nc2oc3ccccc3c21. The fourth-order valence-corrected chi connectivity index (χ4v) is 7.59. The highest BCUT2D eigenvalue weighted by atomic mass is 16.4. The molecule has 0 saturated heterocycles. The van der Waals surface area contributed by atoms with E-state index in [9.17, 15) is 0 Å². The van der Waals surface area contributed by atoms with E-state index in [2.05, 4.69) is 168 Å². The van der Waals surface area contributed by atoms with Crippen LogP contribution in [0.5, 0.6) is 0 Å². The minimum atomic E-state index is -0.161. The zero-order chi connectivity index (χ0) is 31.6. The summed E-state index contributed by atoms with van der Waals surface area (Å²) in [5.74, 6) is 0.790. The van der Waals surface area contributed by atoms with Gasteiger partial charge in [-0.1, -0.05) is 115 Å². The van der Waals surface area contributed by atoms with Crippen LogP contribution in [0.1, 0.15) is 5.56 Å². The fraction of sp³-hybridized carbons (Fsp3) is 0.0222. The summed E-state index contributed by atoms with van der Waals surface area (Å²) in [7, 11) is 0. The number of furan rings is 1. The molecule has 48 heavy (non-hydrogen) atoms. The van der Waals surface area contributed by atoms with E-state index in [0.717, 1.165) is 33.8 Å². The third kappa shape index (κ3) is 4.21. The number of benzene rings is 7. The molecule has 8 aromatic rings. The monoisotopic (exact) mass is 614 g/mol. The molecule has 1 atom stereocenters. The average Bonchev–Trinajstić information content (AvgIpc) is 3.69. The second-order valence-corrected chi connectivity index (χ2v) is 12.6. The summed E-state index contributed by atoms with van der Waals surface area (Å²) in [4.78, 5) is 2.35. The van der Waals surface area contributed by atoms with Gasteiger partial charge in [0.2, 0.25) is 5.88 Å². The summed E-state index contributed by atoms with van der Waals surface area (Å²) in [5.41, 5.74) is 14.2. The van der Waals surface area contributed by atoms with Gasteiger partial charge in [-0.05, 0) is 110 Å². The van der Waals surface area contributed by atoms with E-state index in [-0.39, 0.29) is 6.17 Å². The van der Waals surface area contributed by atoms with Gasteiger partial charge < -0.3 is 14.6 Å². The molecule has 1 aromatic heterocycles. The molecule has 10 rings (SSSR count). The summed E-state index contributed by atoms with van der Waals surface area (Å²) in [6.45, 7) is 0. The lowest BCUT2D eigenvalue weighted by Gasteiger charge is -2.34. The fourth-order valence-electron chi connectivity index (χ4n) is 7.59. The maximum atomic E-state index is 6.31.